The fourth-order valence-electron chi connectivity index (χ4n) is 1.42. The van der Waals surface area contributed by atoms with Gasteiger partial charge >= 0.3 is 0 Å². The van der Waals surface area contributed by atoms with Gasteiger partial charge in [0, 0.05) is 12.7 Å². The largest absolute Gasteiger partial charge is 0.352 e. The molecule has 17 heavy (non-hydrogen) atoms. The minimum atomic E-state index is 0.234. The van der Waals surface area contributed by atoms with Crippen molar-refractivity contribution in [1.29, 1.82) is 0 Å². The highest BCUT2D eigenvalue weighted by molar-refractivity contribution is 5.42. The molecule has 0 atom stereocenters. The van der Waals surface area contributed by atoms with E-state index in [2.05, 4.69) is 43.1 Å². The Bertz CT molecular complexity index is 466. The molecule has 0 spiro atoms. The lowest BCUT2D eigenvalue weighted by atomic mass is 9.81. The lowest BCUT2D eigenvalue weighted by molar-refractivity contribution is 0.269. The highest BCUT2D eigenvalue weighted by Crippen LogP contribution is 2.25. The first-order valence-corrected chi connectivity index (χ1v) is 6.04. The molecule has 0 bridgehead atoms. The molecule has 0 radical (unpaired) electrons. The number of pyridine rings is 1. The van der Waals surface area contributed by atoms with Crippen LogP contribution >= 0.6 is 0 Å². The number of hydrogen-bond acceptors (Lipinski definition) is 3. The summed E-state index contributed by atoms with van der Waals surface area (Å²) in [7, 11) is 0. The average Bonchev–Trinajstić information content (AvgIpc) is 2.69. The van der Waals surface area contributed by atoms with Crippen LogP contribution in [0.5, 0.6) is 0 Å². The topological polar surface area (TPSA) is 42.2 Å². The first-order valence-electron chi connectivity index (χ1n) is 6.04. The standard InChI is InChI=1S/C13H20N4/c1-10(2)13(3,4)9-14-12-15-11-7-5-6-8-17(11)16-12/h5-8,10H,9H2,1-4H3,(H,14,16). The van der Waals surface area contributed by atoms with E-state index < -0.39 is 0 Å². The van der Waals surface area contributed by atoms with E-state index in [1.807, 2.05) is 24.4 Å². The van der Waals surface area contributed by atoms with Crippen molar-refractivity contribution in [3.05, 3.63) is 24.4 Å². The van der Waals surface area contributed by atoms with Gasteiger partial charge in [-0.1, -0.05) is 33.8 Å². The van der Waals surface area contributed by atoms with Crippen LogP contribution in [0.3, 0.4) is 0 Å². The SMILES string of the molecule is CC(C)C(C)(C)CNc1nc2ccccn2n1. The van der Waals surface area contributed by atoms with E-state index in [9.17, 15) is 0 Å². The number of nitrogens with zero attached hydrogens (tertiary/aromatic N) is 3. The van der Waals surface area contributed by atoms with E-state index >= 15 is 0 Å². The second-order valence-corrected chi connectivity index (χ2v) is 5.44. The zero-order valence-electron chi connectivity index (χ0n) is 10.9. The number of rotatable bonds is 4. The minimum absolute atomic E-state index is 0.234. The molecule has 0 unspecified atom stereocenters. The van der Waals surface area contributed by atoms with Crippen LogP contribution in [0.25, 0.3) is 5.65 Å². The Labute approximate surface area is 102 Å². The van der Waals surface area contributed by atoms with Crippen molar-refractivity contribution in [3.8, 4) is 0 Å². The normalized spacial score (nSPS) is 12.3. The fraction of sp³-hybridized carbons (Fsp3) is 0.538. The number of nitrogens with one attached hydrogen (secondary N) is 1. The van der Waals surface area contributed by atoms with E-state index in [1.165, 1.54) is 0 Å². The van der Waals surface area contributed by atoms with Crippen LogP contribution in [0.1, 0.15) is 27.7 Å². The van der Waals surface area contributed by atoms with Crippen LogP contribution in [0.2, 0.25) is 0 Å². The number of anilines is 1. The number of fused-ring (bicyclic) bond motifs is 1. The van der Waals surface area contributed by atoms with Gasteiger partial charge in [0.05, 0.1) is 0 Å². The molecule has 92 valence electrons. The van der Waals surface area contributed by atoms with Crippen molar-refractivity contribution in [2.75, 3.05) is 11.9 Å². The summed E-state index contributed by atoms with van der Waals surface area (Å²) < 4.78 is 1.78. The molecule has 0 fully saturated rings. The summed E-state index contributed by atoms with van der Waals surface area (Å²) in [5.41, 5.74) is 1.11. The Morgan fingerprint density at radius 1 is 1.35 bits per heavy atom. The molecule has 0 saturated heterocycles. The molecule has 2 heterocycles. The first kappa shape index (κ1) is 11.9. The van der Waals surface area contributed by atoms with Gasteiger partial charge < -0.3 is 5.32 Å². The molecule has 4 nitrogen and oxygen atoms in total. The molecule has 2 aromatic rings. The van der Waals surface area contributed by atoms with Crippen molar-refractivity contribution in [1.82, 2.24) is 14.6 Å². The fourth-order valence-corrected chi connectivity index (χ4v) is 1.42. The third-order valence-electron chi connectivity index (χ3n) is 3.51. The molecular formula is C13H20N4. The van der Waals surface area contributed by atoms with Gasteiger partial charge in [0.2, 0.25) is 5.95 Å². The average molecular weight is 232 g/mol. The summed E-state index contributed by atoms with van der Waals surface area (Å²) in [4.78, 5) is 4.42. The summed E-state index contributed by atoms with van der Waals surface area (Å²) in [6.45, 7) is 9.85. The molecule has 0 aliphatic carbocycles. The highest BCUT2D eigenvalue weighted by atomic mass is 15.3. The van der Waals surface area contributed by atoms with Crippen LogP contribution in [0, 0.1) is 11.3 Å². The zero-order valence-corrected chi connectivity index (χ0v) is 10.9. The lowest BCUT2D eigenvalue weighted by Gasteiger charge is -2.28. The molecule has 2 aromatic heterocycles. The first-order chi connectivity index (χ1) is 7.99. The minimum Gasteiger partial charge on any atom is -0.352 e. The molecule has 4 heteroatoms. The third kappa shape index (κ3) is 2.57. The van der Waals surface area contributed by atoms with Crippen molar-refractivity contribution in [3.63, 3.8) is 0 Å². The van der Waals surface area contributed by atoms with Crippen LogP contribution < -0.4 is 5.32 Å². The van der Waals surface area contributed by atoms with Crippen molar-refractivity contribution < 1.29 is 0 Å². The molecule has 0 aliphatic heterocycles. The maximum absolute atomic E-state index is 4.42. The Hall–Kier alpha value is -1.58. The van der Waals surface area contributed by atoms with E-state index in [-0.39, 0.29) is 5.41 Å². The van der Waals surface area contributed by atoms with Crippen molar-refractivity contribution in [2.24, 2.45) is 11.3 Å². The predicted molar refractivity (Wildman–Crippen MR) is 70.1 cm³/mol. The van der Waals surface area contributed by atoms with Crippen molar-refractivity contribution in [2.45, 2.75) is 27.7 Å². The Morgan fingerprint density at radius 3 is 2.76 bits per heavy atom. The van der Waals surface area contributed by atoms with Gasteiger partial charge in [0.15, 0.2) is 5.65 Å². The molecular weight excluding hydrogens is 212 g/mol. The van der Waals surface area contributed by atoms with Gasteiger partial charge in [-0.05, 0) is 23.5 Å². The Morgan fingerprint density at radius 2 is 2.12 bits per heavy atom. The summed E-state index contributed by atoms with van der Waals surface area (Å²) >= 11 is 0. The van der Waals surface area contributed by atoms with E-state index in [0.717, 1.165) is 12.2 Å². The van der Waals surface area contributed by atoms with Gasteiger partial charge in [-0.25, -0.2) is 4.52 Å². The summed E-state index contributed by atoms with van der Waals surface area (Å²) in [6.07, 6.45) is 1.90. The summed E-state index contributed by atoms with van der Waals surface area (Å²) in [5, 5.41) is 7.68. The van der Waals surface area contributed by atoms with E-state index in [1.54, 1.807) is 4.52 Å². The van der Waals surface area contributed by atoms with E-state index in [4.69, 9.17) is 0 Å². The van der Waals surface area contributed by atoms with E-state index in [0.29, 0.717) is 11.9 Å². The zero-order chi connectivity index (χ0) is 12.5. The third-order valence-corrected chi connectivity index (χ3v) is 3.51. The Balaban J connectivity index is 2.09. The van der Waals surface area contributed by atoms with Gasteiger partial charge in [-0.3, -0.25) is 0 Å². The predicted octanol–water partition coefficient (Wildman–Crippen LogP) is 2.82. The quantitative estimate of drug-likeness (QED) is 0.881. The second-order valence-electron chi connectivity index (χ2n) is 5.44. The molecule has 2 rings (SSSR count). The molecule has 0 aliphatic rings. The number of aromatic nitrogens is 3. The molecule has 1 N–H and O–H groups in total. The summed E-state index contributed by atoms with van der Waals surface area (Å²) in [6, 6.07) is 5.86. The van der Waals surface area contributed by atoms with Gasteiger partial charge in [0.25, 0.3) is 0 Å². The van der Waals surface area contributed by atoms with Crippen LogP contribution in [-0.2, 0) is 0 Å². The second kappa shape index (κ2) is 4.35. The van der Waals surface area contributed by atoms with Crippen molar-refractivity contribution >= 4 is 11.6 Å². The van der Waals surface area contributed by atoms with Gasteiger partial charge in [0.1, 0.15) is 0 Å². The monoisotopic (exact) mass is 232 g/mol. The van der Waals surface area contributed by atoms with Crippen LogP contribution in [0.15, 0.2) is 24.4 Å². The molecule has 0 saturated carbocycles. The van der Waals surface area contributed by atoms with Gasteiger partial charge in [-0.15, -0.1) is 5.10 Å². The molecule has 0 amide bonds. The Kier molecular flexibility index (Phi) is 3.05. The number of hydrogen-bond donors (Lipinski definition) is 1. The maximum Gasteiger partial charge on any atom is 0.243 e. The lowest BCUT2D eigenvalue weighted by Crippen LogP contribution is -2.28. The highest BCUT2D eigenvalue weighted by Gasteiger charge is 2.22. The summed E-state index contributed by atoms with van der Waals surface area (Å²) in [5.74, 6) is 1.32. The maximum atomic E-state index is 4.42. The van der Waals surface area contributed by atoms with Crippen LogP contribution in [-0.4, -0.2) is 21.1 Å². The van der Waals surface area contributed by atoms with Crippen LogP contribution in [0.4, 0.5) is 5.95 Å². The van der Waals surface area contributed by atoms with Gasteiger partial charge in [-0.2, -0.15) is 4.98 Å². The smallest absolute Gasteiger partial charge is 0.243 e. The molecule has 0 aromatic carbocycles.